The Morgan fingerprint density at radius 3 is 1.75 bits per heavy atom. The zero-order chi connectivity index (χ0) is 13.8. The topological polar surface area (TPSA) is 25.8 Å². The van der Waals surface area contributed by atoms with E-state index in [0.717, 1.165) is 5.44 Å². The van der Waals surface area contributed by atoms with Gasteiger partial charge >= 0.3 is 119 Å². The normalized spacial score (nSPS) is 12.1. The predicted molar refractivity (Wildman–Crippen MR) is 88.1 cm³/mol. The molecule has 0 spiro atoms. The summed E-state index contributed by atoms with van der Waals surface area (Å²) in [5.74, 6) is 0. The summed E-state index contributed by atoms with van der Waals surface area (Å²) in [5, 5.41) is 2.71. The van der Waals surface area contributed by atoms with Crippen molar-refractivity contribution in [1.29, 1.82) is 0 Å². The third kappa shape index (κ3) is 2.23. The molecule has 2 nitrogen and oxygen atoms in total. The predicted octanol–water partition coefficient (Wildman–Crippen LogP) is 2.13. The van der Waals surface area contributed by atoms with Gasteiger partial charge in [0.1, 0.15) is 0 Å². The standard InChI is InChI=1S/C17H17N2P/c1-20(15-8-4-2-5-9-15,16-10-6-3-7-11-16)17-14-18-12-13-19-17/h2-14,20H,1H3. The Morgan fingerprint density at radius 1 is 0.750 bits per heavy atom. The minimum atomic E-state index is -2.05. The molecule has 0 radical (unpaired) electrons. The van der Waals surface area contributed by atoms with Gasteiger partial charge in [-0.25, -0.2) is 0 Å². The van der Waals surface area contributed by atoms with Gasteiger partial charge in [-0.1, -0.05) is 0 Å². The fourth-order valence-corrected chi connectivity index (χ4v) is 5.87. The van der Waals surface area contributed by atoms with Crippen molar-refractivity contribution in [3.63, 3.8) is 0 Å². The molecule has 0 aliphatic carbocycles. The van der Waals surface area contributed by atoms with Gasteiger partial charge in [-0.2, -0.15) is 0 Å². The number of hydrogen-bond donors (Lipinski definition) is 0. The van der Waals surface area contributed by atoms with E-state index < -0.39 is 7.26 Å². The molecule has 0 saturated heterocycles. The van der Waals surface area contributed by atoms with Crippen molar-refractivity contribution < 1.29 is 0 Å². The first-order chi connectivity index (χ1) is 9.82. The summed E-state index contributed by atoms with van der Waals surface area (Å²) in [4.78, 5) is 8.88. The van der Waals surface area contributed by atoms with Crippen molar-refractivity contribution >= 4 is 23.3 Å². The molecule has 0 aliphatic heterocycles. The summed E-state index contributed by atoms with van der Waals surface area (Å²) < 4.78 is 0. The van der Waals surface area contributed by atoms with Gasteiger partial charge in [-0.3, -0.25) is 0 Å². The molecular formula is C17H17N2P. The van der Waals surface area contributed by atoms with Gasteiger partial charge in [0.15, 0.2) is 0 Å². The van der Waals surface area contributed by atoms with Crippen molar-refractivity contribution in [2.24, 2.45) is 0 Å². The molecular weight excluding hydrogens is 263 g/mol. The van der Waals surface area contributed by atoms with Gasteiger partial charge in [0, 0.05) is 0 Å². The molecule has 0 saturated carbocycles. The second-order valence-electron chi connectivity index (χ2n) is 4.95. The van der Waals surface area contributed by atoms with E-state index in [1.807, 2.05) is 6.20 Å². The summed E-state index contributed by atoms with van der Waals surface area (Å²) in [5.41, 5.74) is 1.09. The maximum absolute atomic E-state index is 4.60. The fourth-order valence-electron chi connectivity index (χ4n) is 2.56. The Labute approximate surface area is 119 Å². The molecule has 0 unspecified atom stereocenters. The van der Waals surface area contributed by atoms with Crippen molar-refractivity contribution in [1.82, 2.24) is 9.97 Å². The molecule has 1 heterocycles. The van der Waals surface area contributed by atoms with E-state index in [2.05, 4.69) is 77.3 Å². The molecule has 0 N–H and O–H groups in total. The Balaban J connectivity index is 2.24. The average molecular weight is 280 g/mol. The first-order valence-electron chi connectivity index (χ1n) is 6.69. The van der Waals surface area contributed by atoms with Crippen LogP contribution in [0.25, 0.3) is 0 Å². The first-order valence-corrected chi connectivity index (χ1v) is 9.19. The molecule has 0 amide bonds. The molecule has 2 aromatic carbocycles. The van der Waals surface area contributed by atoms with E-state index in [-0.39, 0.29) is 0 Å². The Morgan fingerprint density at radius 2 is 1.30 bits per heavy atom. The third-order valence-electron chi connectivity index (χ3n) is 3.78. The van der Waals surface area contributed by atoms with Crippen LogP contribution in [-0.4, -0.2) is 16.6 Å². The Bertz CT molecular complexity index is 572. The van der Waals surface area contributed by atoms with Crippen LogP contribution in [0.3, 0.4) is 0 Å². The van der Waals surface area contributed by atoms with Gasteiger partial charge in [0.25, 0.3) is 0 Å². The molecule has 0 atom stereocenters. The van der Waals surface area contributed by atoms with E-state index in [1.54, 1.807) is 12.4 Å². The Kier molecular flexibility index (Phi) is 3.58. The third-order valence-corrected chi connectivity index (χ3v) is 8.04. The molecule has 0 fully saturated rings. The second-order valence-corrected chi connectivity index (χ2v) is 8.86. The molecule has 0 bridgehead atoms. The van der Waals surface area contributed by atoms with Crippen molar-refractivity contribution in [2.75, 3.05) is 6.66 Å². The number of nitrogens with zero attached hydrogens (tertiary/aromatic N) is 2. The summed E-state index contributed by atoms with van der Waals surface area (Å²) in [6.07, 6.45) is 5.42. The monoisotopic (exact) mass is 280 g/mol. The molecule has 3 heteroatoms. The SMILES string of the molecule is C[PH](c1ccccc1)(c1ccccc1)c1cnccn1. The number of benzene rings is 2. The van der Waals surface area contributed by atoms with Crippen LogP contribution in [0.15, 0.2) is 79.3 Å². The summed E-state index contributed by atoms with van der Waals surface area (Å²) >= 11 is 0. The molecule has 3 aromatic rings. The minimum absolute atomic E-state index is 1.09. The van der Waals surface area contributed by atoms with E-state index >= 15 is 0 Å². The quantitative estimate of drug-likeness (QED) is 0.687. The number of rotatable bonds is 3. The van der Waals surface area contributed by atoms with Crippen LogP contribution in [0.4, 0.5) is 0 Å². The van der Waals surface area contributed by atoms with Crippen molar-refractivity contribution in [2.45, 2.75) is 0 Å². The first kappa shape index (κ1) is 13.0. The van der Waals surface area contributed by atoms with Crippen LogP contribution >= 0.6 is 7.26 Å². The van der Waals surface area contributed by atoms with E-state index in [4.69, 9.17) is 0 Å². The van der Waals surface area contributed by atoms with Crippen LogP contribution in [-0.2, 0) is 0 Å². The van der Waals surface area contributed by atoms with Crippen LogP contribution in [0.5, 0.6) is 0 Å². The van der Waals surface area contributed by atoms with E-state index in [9.17, 15) is 0 Å². The number of aromatic nitrogens is 2. The maximum atomic E-state index is 4.60. The van der Waals surface area contributed by atoms with Crippen LogP contribution in [0, 0.1) is 0 Å². The summed E-state index contributed by atoms with van der Waals surface area (Å²) in [6, 6.07) is 21.3. The van der Waals surface area contributed by atoms with Crippen LogP contribution in [0.1, 0.15) is 0 Å². The van der Waals surface area contributed by atoms with Crippen LogP contribution in [0.2, 0.25) is 0 Å². The molecule has 100 valence electrons. The Hall–Kier alpha value is -2.05. The van der Waals surface area contributed by atoms with Gasteiger partial charge in [-0.15, -0.1) is 0 Å². The van der Waals surface area contributed by atoms with Gasteiger partial charge in [0.05, 0.1) is 0 Å². The zero-order valence-electron chi connectivity index (χ0n) is 11.4. The van der Waals surface area contributed by atoms with E-state index in [1.165, 1.54) is 10.6 Å². The average Bonchev–Trinajstić information content (AvgIpc) is 2.56. The zero-order valence-corrected chi connectivity index (χ0v) is 12.4. The molecule has 20 heavy (non-hydrogen) atoms. The van der Waals surface area contributed by atoms with Gasteiger partial charge in [-0.05, 0) is 0 Å². The fraction of sp³-hybridized carbons (Fsp3) is 0.0588. The van der Waals surface area contributed by atoms with Crippen LogP contribution < -0.4 is 16.0 Å². The summed E-state index contributed by atoms with van der Waals surface area (Å²) in [7, 11) is -2.05. The molecule has 3 rings (SSSR count). The van der Waals surface area contributed by atoms with Crippen molar-refractivity contribution in [3.8, 4) is 0 Å². The number of hydrogen-bond acceptors (Lipinski definition) is 2. The second kappa shape index (κ2) is 5.52. The molecule has 0 aliphatic rings. The van der Waals surface area contributed by atoms with Gasteiger partial charge < -0.3 is 0 Å². The van der Waals surface area contributed by atoms with Gasteiger partial charge in [0.2, 0.25) is 0 Å². The van der Waals surface area contributed by atoms with Crippen molar-refractivity contribution in [3.05, 3.63) is 79.3 Å². The molecule has 1 aromatic heterocycles. The van der Waals surface area contributed by atoms with E-state index in [0.29, 0.717) is 0 Å². The summed E-state index contributed by atoms with van der Waals surface area (Å²) in [6.45, 7) is 2.34.